The van der Waals surface area contributed by atoms with E-state index in [2.05, 4.69) is 25.5 Å². The zero-order valence-corrected chi connectivity index (χ0v) is 12.3. The minimum Gasteiger partial charge on any atom is -0.464 e. The van der Waals surface area contributed by atoms with Crippen LogP contribution < -0.4 is 10.2 Å². The topological polar surface area (TPSA) is 82.9 Å². The largest absolute Gasteiger partial charge is 0.464 e. The van der Waals surface area contributed by atoms with Crippen molar-refractivity contribution in [2.45, 2.75) is 20.4 Å². The zero-order chi connectivity index (χ0) is 14.8. The van der Waals surface area contributed by atoms with Gasteiger partial charge in [0.2, 0.25) is 5.95 Å². The van der Waals surface area contributed by atoms with Crippen LogP contribution in [0.4, 0.5) is 11.8 Å². The van der Waals surface area contributed by atoms with Gasteiger partial charge in [0.15, 0.2) is 5.65 Å². The Morgan fingerprint density at radius 3 is 2.90 bits per heavy atom. The summed E-state index contributed by atoms with van der Waals surface area (Å²) >= 11 is 0. The lowest BCUT2D eigenvalue weighted by Gasteiger charge is -2.18. The standard InChI is InChI=1S/C14H18N6O/c1-4-15-14-17-12-11(7-16-19-12)13(18-14)20(3)8-10-6-5-9(2)21-10/h5-7H,4,8H2,1-3H3,(H2,15,16,17,18,19). The third kappa shape index (κ3) is 2.67. The molecule has 0 aliphatic rings. The summed E-state index contributed by atoms with van der Waals surface area (Å²) in [7, 11) is 1.97. The van der Waals surface area contributed by atoms with Crippen molar-refractivity contribution in [1.82, 2.24) is 20.2 Å². The molecular formula is C14H18N6O. The molecule has 0 bridgehead atoms. The number of aromatic nitrogens is 4. The molecule has 0 saturated heterocycles. The lowest BCUT2D eigenvalue weighted by atomic mass is 10.3. The van der Waals surface area contributed by atoms with E-state index in [1.807, 2.05) is 37.9 Å². The van der Waals surface area contributed by atoms with Crippen LogP contribution in [0.25, 0.3) is 11.0 Å². The fraction of sp³-hybridized carbons (Fsp3) is 0.357. The van der Waals surface area contributed by atoms with E-state index in [4.69, 9.17) is 4.42 Å². The van der Waals surface area contributed by atoms with Gasteiger partial charge in [0.05, 0.1) is 18.1 Å². The third-order valence-corrected chi connectivity index (χ3v) is 3.18. The first-order valence-corrected chi connectivity index (χ1v) is 6.89. The third-order valence-electron chi connectivity index (χ3n) is 3.18. The highest BCUT2D eigenvalue weighted by Gasteiger charge is 2.14. The fourth-order valence-electron chi connectivity index (χ4n) is 2.23. The molecule has 7 nitrogen and oxygen atoms in total. The number of rotatable bonds is 5. The molecule has 0 radical (unpaired) electrons. The van der Waals surface area contributed by atoms with Gasteiger partial charge in [0.25, 0.3) is 0 Å². The van der Waals surface area contributed by atoms with E-state index < -0.39 is 0 Å². The maximum Gasteiger partial charge on any atom is 0.226 e. The smallest absolute Gasteiger partial charge is 0.226 e. The van der Waals surface area contributed by atoms with Gasteiger partial charge in [-0.1, -0.05) is 0 Å². The number of hydrogen-bond donors (Lipinski definition) is 2. The minimum absolute atomic E-state index is 0.590. The first kappa shape index (κ1) is 13.4. The summed E-state index contributed by atoms with van der Waals surface area (Å²) in [6, 6.07) is 3.94. The average molecular weight is 286 g/mol. The van der Waals surface area contributed by atoms with E-state index in [0.717, 1.165) is 34.9 Å². The van der Waals surface area contributed by atoms with Gasteiger partial charge in [-0.3, -0.25) is 5.10 Å². The van der Waals surface area contributed by atoms with Gasteiger partial charge in [-0.25, -0.2) is 0 Å². The second-order valence-corrected chi connectivity index (χ2v) is 4.90. The van der Waals surface area contributed by atoms with E-state index in [-0.39, 0.29) is 0 Å². The summed E-state index contributed by atoms with van der Waals surface area (Å²) in [5.41, 5.74) is 0.721. The Balaban J connectivity index is 1.95. The average Bonchev–Trinajstić information content (AvgIpc) is 3.07. The number of hydrogen-bond acceptors (Lipinski definition) is 6. The van der Waals surface area contributed by atoms with E-state index in [9.17, 15) is 0 Å². The Hall–Kier alpha value is -2.57. The number of fused-ring (bicyclic) bond motifs is 1. The van der Waals surface area contributed by atoms with Crippen LogP contribution >= 0.6 is 0 Å². The monoisotopic (exact) mass is 286 g/mol. The summed E-state index contributed by atoms with van der Waals surface area (Å²) < 4.78 is 5.62. The number of nitrogens with one attached hydrogen (secondary N) is 2. The Morgan fingerprint density at radius 2 is 2.19 bits per heavy atom. The van der Waals surface area contributed by atoms with Crippen LogP contribution in [0.2, 0.25) is 0 Å². The van der Waals surface area contributed by atoms with Gasteiger partial charge in [-0.15, -0.1) is 0 Å². The molecule has 3 rings (SSSR count). The van der Waals surface area contributed by atoms with Crippen LogP contribution in [0.3, 0.4) is 0 Å². The van der Waals surface area contributed by atoms with Gasteiger partial charge in [0.1, 0.15) is 17.3 Å². The van der Waals surface area contributed by atoms with E-state index in [0.29, 0.717) is 12.5 Å². The molecule has 7 heteroatoms. The van der Waals surface area contributed by atoms with Crippen LogP contribution in [0.15, 0.2) is 22.7 Å². The Bertz CT molecular complexity index is 747. The lowest BCUT2D eigenvalue weighted by Crippen LogP contribution is -2.18. The Labute approximate surface area is 122 Å². The molecule has 0 fully saturated rings. The summed E-state index contributed by atoms with van der Waals surface area (Å²) in [5.74, 6) is 3.21. The van der Waals surface area contributed by atoms with Crippen LogP contribution in [0.5, 0.6) is 0 Å². The van der Waals surface area contributed by atoms with Gasteiger partial charge in [-0.2, -0.15) is 15.1 Å². The molecule has 3 aromatic rings. The highest BCUT2D eigenvalue weighted by atomic mass is 16.3. The molecule has 110 valence electrons. The second kappa shape index (κ2) is 5.43. The normalized spacial score (nSPS) is 11.0. The molecule has 0 amide bonds. The van der Waals surface area contributed by atoms with Crippen molar-refractivity contribution in [2.75, 3.05) is 23.8 Å². The first-order valence-electron chi connectivity index (χ1n) is 6.89. The number of furan rings is 1. The van der Waals surface area contributed by atoms with E-state index in [1.54, 1.807) is 6.20 Å². The summed E-state index contributed by atoms with van der Waals surface area (Å²) in [6.45, 7) is 5.35. The first-order chi connectivity index (χ1) is 10.2. The molecular weight excluding hydrogens is 268 g/mol. The van der Waals surface area contributed by atoms with Crippen molar-refractivity contribution < 1.29 is 4.42 Å². The van der Waals surface area contributed by atoms with Crippen molar-refractivity contribution in [1.29, 1.82) is 0 Å². The maximum atomic E-state index is 5.62. The quantitative estimate of drug-likeness (QED) is 0.749. The van der Waals surface area contributed by atoms with Crippen molar-refractivity contribution in [2.24, 2.45) is 0 Å². The summed E-state index contributed by atoms with van der Waals surface area (Å²) in [4.78, 5) is 11.0. The molecule has 0 saturated carbocycles. The molecule has 0 aromatic carbocycles. The highest BCUT2D eigenvalue weighted by molar-refractivity contribution is 5.87. The number of H-pyrrole nitrogens is 1. The number of anilines is 2. The summed E-state index contributed by atoms with van der Waals surface area (Å²) in [5, 5.41) is 11.0. The van der Waals surface area contributed by atoms with E-state index in [1.165, 1.54) is 0 Å². The molecule has 3 aromatic heterocycles. The zero-order valence-electron chi connectivity index (χ0n) is 12.3. The van der Waals surface area contributed by atoms with Crippen LogP contribution in [-0.4, -0.2) is 33.8 Å². The molecule has 2 N–H and O–H groups in total. The molecule has 21 heavy (non-hydrogen) atoms. The molecule has 0 aliphatic carbocycles. The van der Waals surface area contributed by atoms with Crippen molar-refractivity contribution in [3.8, 4) is 0 Å². The SMILES string of the molecule is CCNc1nc(N(C)Cc2ccc(C)o2)c2cn[nH]c2n1. The van der Waals surface area contributed by atoms with Gasteiger partial charge in [0, 0.05) is 13.6 Å². The van der Waals surface area contributed by atoms with E-state index >= 15 is 0 Å². The van der Waals surface area contributed by atoms with Crippen molar-refractivity contribution in [3.63, 3.8) is 0 Å². The summed E-state index contributed by atoms with van der Waals surface area (Å²) in [6.07, 6.45) is 1.74. The fourth-order valence-corrected chi connectivity index (χ4v) is 2.23. The molecule has 0 aliphatic heterocycles. The van der Waals surface area contributed by atoms with Gasteiger partial charge >= 0.3 is 0 Å². The highest BCUT2D eigenvalue weighted by Crippen LogP contribution is 2.24. The van der Waals surface area contributed by atoms with Crippen molar-refractivity contribution in [3.05, 3.63) is 29.9 Å². The predicted octanol–water partition coefficient (Wildman–Crippen LogP) is 2.32. The lowest BCUT2D eigenvalue weighted by molar-refractivity contribution is 0.481. The number of aromatic amines is 1. The molecule has 0 unspecified atom stereocenters. The van der Waals surface area contributed by atoms with Crippen molar-refractivity contribution >= 4 is 22.8 Å². The molecule has 3 heterocycles. The number of nitrogens with zero attached hydrogens (tertiary/aromatic N) is 4. The minimum atomic E-state index is 0.590. The van der Waals surface area contributed by atoms with Crippen LogP contribution in [0, 0.1) is 6.92 Å². The predicted molar refractivity (Wildman–Crippen MR) is 81.4 cm³/mol. The van der Waals surface area contributed by atoms with Gasteiger partial charge < -0.3 is 14.6 Å². The van der Waals surface area contributed by atoms with Crippen LogP contribution in [-0.2, 0) is 6.54 Å². The molecule has 0 spiro atoms. The Morgan fingerprint density at radius 1 is 1.33 bits per heavy atom. The second-order valence-electron chi connectivity index (χ2n) is 4.90. The number of aryl methyl sites for hydroxylation is 1. The van der Waals surface area contributed by atoms with Crippen LogP contribution in [0.1, 0.15) is 18.4 Å². The molecule has 0 atom stereocenters. The Kier molecular flexibility index (Phi) is 3.47. The van der Waals surface area contributed by atoms with Gasteiger partial charge in [-0.05, 0) is 26.0 Å². The maximum absolute atomic E-state index is 5.62.